The van der Waals surface area contributed by atoms with Crippen LogP contribution in [0.2, 0.25) is 0 Å². The fraction of sp³-hybridized carbons (Fsp3) is 0.909. The molecule has 2 atom stereocenters. The van der Waals surface area contributed by atoms with E-state index in [2.05, 4.69) is 0 Å². The Hall–Kier alpha value is -0.650. The lowest BCUT2D eigenvalue weighted by molar-refractivity contribution is -0.135. The molecule has 2 saturated heterocycles. The second kappa shape index (κ2) is 4.69. The predicted molar refractivity (Wildman–Crippen MR) is 58.8 cm³/mol. The summed E-state index contributed by atoms with van der Waals surface area (Å²) in [5.41, 5.74) is 5.08. The number of amides is 1. The molecular formula is C11H20N2O3. The van der Waals surface area contributed by atoms with Crippen LogP contribution in [0.3, 0.4) is 0 Å². The Labute approximate surface area is 95.5 Å². The monoisotopic (exact) mass is 228 g/mol. The Morgan fingerprint density at radius 3 is 3.12 bits per heavy atom. The van der Waals surface area contributed by atoms with Gasteiger partial charge in [-0.05, 0) is 12.8 Å². The van der Waals surface area contributed by atoms with Crippen LogP contribution < -0.4 is 5.73 Å². The number of likely N-dealkylation sites (tertiary alicyclic amines) is 1. The van der Waals surface area contributed by atoms with E-state index in [-0.39, 0.29) is 17.6 Å². The molecule has 0 radical (unpaired) electrons. The topological polar surface area (TPSA) is 75.8 Å². The summed E-state index contributed by atoms with van der Waals surface area (Å²) in [6.07, 6.45) is 2.31. The van der Waals surface area contributed by atoms with Crippen LogP contribution in [0.15, 0.2) is 0 Å². The van der Waals surface area contributed by atoms with E-state index < -0.39 is 0 Å². The number of aliphatic hydroxyl groups excluding tert-OH is 1. The standard InChI is InChI=1S/C11H20N2O3/c12-4-1-10(15)13-5-3-11(8-13)7-9(14)2-6-16-11/h9,14H,1-8,12H2. The molecule has 0 saturated carbocycles. The predicted octanol–water partition coefficient (Wildman–Crippen LogP) is -0.522. The van der Waals surface area contributed by atoms with E-state index in [1.807, 2.05) is 4.90 Å². The van der Waals surface area contributed by atoms with Crippen LogP contribution in [0.1, 0.15) is 25.7 Å². The third-order valence-electron chi connectivity index (χ3n) is 3.49. The first-order valence-corrected chi connectivity index (χ1v) is 5.95. The lowest BCUT2D eigenvalue weighted by Gasteiger charge is -2.36. The molecule has 0 aromatic heterocycles. The van der Waals surface area contributed by atoms with Crippen LogP contribution in [0, 0.1) is 0 Å². The maximum atomic E-state index is 11.7. The van der Waals surface area contributed by atoms with Crippen molar-refractivity contribution < 1.29 is 14.6 Å². The van der Waals surface area contributed by atoms with Gasteiger partial charge in [0.15, 0.2) is 0 Å². The Morgan fingerprint density at radius 1 is 1.62 bits per heavy atom. The maximum Gasteiger partial charge on any atom is 0.223 e. The summed E-state index contributed by atoms with van der Waals surface area (Å²) in [5.74, 6) is 0.100. The van der Waals surface area contributed by atoms with Crippen LogP contribution in [-0.2, 0) is 9.53 Å². The average molecular weight is 228 g/mol. The molecule has 5 heteroatoms. The van der Waals surface area contributed by atoms with Gasteiger partial charge in [-0.3, -0.25) is 4.79 Å². The van der Waals surface area contributed by atoms with Crippen molar-refractivity contribution in [1.82, 2.24) is 4.90 Å². The van der Waals surface area contributed by atoms with Gasteiger partial charge in [0.1, 0.15) is 0 Å². The van der Waals surface area contributed by atoms with Gasteiger partial charge in [0.05, 0.1) is 11.7 Å². The van der Waals surface area contributed by atoms with E-state index >= 15 is 0 Å². The summed E-state index contributed by atoms with van der Waals surface area (Å²) in [5, 5.41) is 9.66. The van der Waals surface area contributed by atoms with E-state index in [1.54, 1.807) is 0 Å². The molecule has 1 amide bonds. The van der Waals surface area contributed by atoms with Crippen molar-refractivity contribution in [3.63, 3.8) is 0 Å². The molecule has 1 spiro atoms. The summed E-state index contributed by atoms with van der Waals surface area (Å²) < 4.78 is 5.77. The van der Waals surface area contributed by atoms with Crippen molar-refractivity contribution in [3.05, 3.63) is 0 Å². The number of carbonyl (C=O) groups excluding carboxylic acids is 1. The van der Waals surface area contributed by atoms with E-state index in [4.69, 9.17) is 10.5 Å². The number of ether oxygens (including phenoxy) is 1. The van der Waals surface area contributed by atoms with E-state index in [1.165, 1.54) is 0 Å². The van der Waals surface area contributed by atoms with Gasteiger partial charge in [0.25, 0.3) is 0 Å². The largest absolute Gasteiger partial charge is 0.393 e. The maximum absolute atomic E-state index is 11.7. The van der Waals surface area contributed by atoms with Crippen molar-refractivity contribution in [2.45, 2.75) is 37.4 Å². The third kappa shape index (κ3) is 2.36. The minimum atomic E-state index is -0.290. The first kappa shape index (κ1) is 11.8. The average Bonchev–Trinajstić information content (AvgIpc) is 2.62. The van der Waals surface area contributed by atoms with Gasteiger partial charge in [0.2, 0.25) is 5.91 Å². The molecule has 2 fully saturated rings. The van der Waals surface area contributed by atoms with Crippen LogP contribution in [0.5, 0.6) is 0 Å². The Balaban J connectivity index is 1.93. The first-order valence-electron chi connectivity index (χ1n) is 5.95. The molecule has 2 heterocycles. The van der Waals surface area contributed by atoms with E-state index in [0.29, 0.717) is 39.0 Å². The molecule has 2 rings (SSSR count). The van der Waals surface area contributed by atoms with Crippen molar-refractivity contribution in [1.29, 1.82) is 0 Å². The first-order chi connectivity index (χ1) is 7.65. The second-order valence-electron chi connectivity index (χ2n) is 4.78. The van der Waals surface area contributed by atoms with Gasteiger partial charge in [-0.2, -0.15) is 0 Å². The Kier molecular flexibility index (Phi) is 3.47. The Bertz CT molecular complexity index is 272. The highest BCUT2D eigenvalue weighted by atomic mass is 16.5. The molecule has 2 aliphatic rings. The molecule has 0 bridgehead atoms. The molecular weight excluding hydrogens is 208 g/mol. The molecule has 2 aliphatic heterocycles. The third-order valence-corrected chi connectivity index (χ3v) is 3.49. The summed E-state index contributed by atoms with van der Waals surface area (Å²) in [6.45, 7) is 2.33. The summed E-state index contributed by atoms with van der Waals surface area (Å²) in [6, 6.07) is 0. The summed E-state index contributed by atoms with van der Waals surface area (Å²) >= 11 is 0. The number of nitrogens with two attached hydrogens (primary N) is 1. The molecule has 0 aromatic rings. The molecule has 0 aromatic carbocycles. The van der Waals surface area contributed by atoms with Crippen LogP contribution in [-0.4, -0.2) is 53.9 Å². The SMILES string of the molecule is NCCC(=O)N1CCC2(CC(O)CCO2)C1. The zero-order valence-electron chi connectivity index (χ0n) is 9.52. The van der Waals surface area contributed by atoms with Crippen molar-refractivity contribution >= 4 is 5.91 Å². The van der Waals surface area contributed by atoms with E-state index in [9.17, 15) is 9.90 Å². The number of carbonyl (C=O) groups is 1. The Morgan fingerprint density at radius 2 is 2.44 bits per heavy atom. The zero-order valence-corrected chi connectivity index (χ0v) is 9.52. The molecule has 3 N–H and O–H groups in total. The highest BCUT2D eigenvalue weighted by Gasteiger charge is 2.43. The van der Waals surface area contributed by atoms with Gasteiger partial charge >= 0.3 is 0 Å². The lowest BCUT2D eigenvalue weighted by atomic mass is 9.91. The van der Waals surface area contributed by atoms with E-state index in [0.717, 1.165) is 13.0 Å². The van der Waals surface area contributed by atoms with Crippen molar-refractivity contribution in [3.8, 4) is 0 Å². The quantitative estimate of drug-likeness (QED) is 0.666. The van der Waals surface area contributed by atoms with Crippen LogP contribution >= 0.6 is 0 Å². The molecule has 2 unspecified atom stereocenters. The van der Waals surface area contributed by atoms with Crippen molar-refractivity contribution in [2.24, 2.45) is 5.73 Å². The smallest absolute Gasteiger partial charge is 0.223 e. The van der Waals surface area contributed by atoms with Gasteiger partial charge in [-0.1, -0.05) is 0 Å². The van der Waals surface area contributed by atoms with Gasteiger partial charge in [0, 0.05) is 39.1 Å². The van der Waals surface area contributed by atoms with Crippen molar-refractivity contribution in [2.75, 3.05) is 26.2 Å². The summed E-state index contributed by atoms with van der Waals surface area (Å²) in [4.78, 5) is 13.5. The number of hydrogen-bond donors (Lipinski definition) is 2. The number of rotatable bonds is 2. The highest BCUT2D eigenvalue weighted by molar-refractivity contribution is 5.76. The molecule has 16 heavy (non-hydrogen) atoms. The second-order valence-corrected chi connectivity index (χ2v) is 4.78. The van der Waals surface area contributed by atoms with Gasteiger partial charge < -0.3 is 20.5 Å². The van der Waals surface area contributed by atoms with Gasteiger partial charge in [-0.25, -0.2) is 0 Å². The minimum Gasteiger partial charge on any atom is -0.393 e. The zero-order chi connectivity index (χ0) is 11.6. The number of aliphatic hydroxyl groups is 1. The highest BCUT2D eigenvalue weighted by Crippen LogP contribution is 2.34. The summed E-state index contributed by atoms with van der Waals surface area (Å²) in [7, 11) is 0. The van der Waals surface area contributed by atoms with Gasteiger partial charge in [-0.15, -0.1) is 0 Å². The number of nitrogens with zero attached hydrogens (tertiary/aromatic N) is 1. The minimum absolute atomic E-state index is 0.100. The van der Waals surface area contributed by atoms with Crippen LogP contribution in [0.25, 0.3) is 0 Å². The lowest BCUT2D eigenvalue weighted by Crippen LogP contribution is -2.45. The fourth-order valence-corrected chi connectivity index (χ4v) is 2.63. The molecule has 0 aliphatic carbocycles. The number of hydrogen-bond acceptors (Lipinski definition) is 4. The molecule has 5 nitrogen and oxygen atoms in total. The van der Waals surface area contributed by atoms with Crippen LogP contribution in [0.4, 0.5) is 0 Å². The fourth-order valence-electron chi connectivity index (χ4n) is 2.63. The molecule has 92 valence electrons. The normalized spacial score (nSPS) is 34.6.